The Bertz CT molecular complexity index is 1050. The molecule has 2 aromatic carbocycles. The van der Waals surface area contributed by atoms with Crippen LogP contribution in [0.2, 0.25) is 5.02 Å². The first-order valence-corrected chi connectivity index (χ1v) is 12.0. The minimum atomic E-state index is -3.51. The standard InChI is InChI=1S/C20H20ClNO5S2/c1-13-9-10-22(17-5-3-4-6-18(17)28-13)19(23)12-27-20(24)15-11-14(29(2,25)26)7-8-16(15)21/h3-8,11,13H,9-10,12H2,1-2H3. The number of sulfone groups is 1. The fourth-order valence-corrected chi connectivity index (χ4v) is 4.88. The second kappa shape index (κ2) is 8.77. The molecule has 0 saturated heterocycles. The molecule has 1 unspecified atom stereocenters. The molecule has 1 aliphatic heterocycles. The van der Waals surface area contributed by atoms with Gasteiger partial charge >= 0.3 is 5.97 Å². The molecule has 1 atom stereocenters. The van der Waals surface area contributed by atoms with E-state index >= 15 is 0 Å². The molecule has 0 aromatic heterocycles. The molecule has 1 aliphatic rings. The summed E-state index contributed by atoms with van der Waals surface area (Å²) in [6, 6.07) is 11.4. The predicted octanol–water partition coefficient (Wildman–Crippen LogP) is 3.82. The van der Waals surface area contributed by atoms with E-state index in [1.807, 2.05) is 24.3 Å². The van der Waals surface area contributed by atoms with Gasteiger partial charge in [0.25, 0.3) is 5.91 Å². The maximum Gasteiger partial charge on any atom is 0.340 e. The number of esters is 1. The molecule has 1 amide bonds. The number of ether oxygens (including phenoxy) is 1. The first-order valence-electron chi connectivity index (χ1n) is 8.89. The fourth-order valence-electron chi connectivity index (χ4n) is 2.92. The van der Waals surface area contributed by atoms with Crippen LogP contribution in [0.4, 0.5) is 5.69 Å². The van der Waals surface area contributed by atoms with Crippen molar-refractivity contribution in [3.05, 3.63) is 53.1 Å². The molecule has 0 bridgehead atoms. The van der Waals surface area contributed by atoms with Crippen molar-refractivity contribution < 1.29 is 22.7 Å². The molecule has 154 valence electrons. The molecular formula is C20H20ClNO5S2. The largest absolute Gasteiger partial charge is 0.452 e. The van der Waals surface area contributed by atoms with Gasteiger partial charge in [0.05, 0.1) is 21.2 Å². The first-order chi connectivity index (χ1) is 13.7. The maximum absolute atomic E-state index is 12.8. The van der Waals surface area contributed by atoms with E-state index in [0.29, 0.717) is 11.8 Å². The molecule has 0 saturated carbocycles. The van der Waals surface area contributed by atoms with E-state index < -0.39 is 22.4 Å². The second-order valence-electron chi connectivity index (χ2n) is 6.72. The molecule has 1 heterocycles. The average molecular weight is 454 g/mol. The molecule has 0 aliphatic carbocycles. The van der Waals surface area contributed by atoms with Crippen LogP contribution in [0.1, 0.15) is 23.7 Å². The lowest BCUT2D eigenvalue weighted by Gasteiger charge is -2.22. The van der Waals surface area contributed by atoms with Gasteiger partial charge in [0.1, 0.15) is 0 Å². The summed E-state index contributed by atoms with van der Waals surface area (Å²) in [6.07, 6.45) is 1.84. The zero-order valence-corrected chi connectivity index (χ0v) is 18.3. The summed E-state index contributed by atoms with van der Waals surface area (Å²) >= 11 is 7.72. The van der Waals surface area contributed by atoms with Crippen molar-refractivity contribution >= 4 is 50.8 Å². The Labute approximate surface area is 179 Å². The van der Waals surface area contributed by atoms with Crippen LogP contribution in [-0.4, -0.2) is 45.0 Å². The molecule has 29 heavy (non-hydrogen) atoms. The Morgan fingerprint density at radius 3 is 2.69 bits per heavy atom. The summed E-state index contributed by atoms with van der Waals surface area (Å²) < 4.78 is 28.6. The highest BCUT2D eigenvalue weighted by molar-refractivity contribution is 8.00. The van der Waals surface area contributed by atoms with E-state index in [9.17, 15) is 18.0 Å². The van der Waals surface area contributed by atoms with E-state index in [2.05, 4.69) is 6.92 Å². The second-order valence-corrected chi connectivity index (χ2v) is 10.6. The van der Waals surface area contributed by atoms with Crippen LogP contribution in [0.15, 0.2) is 52.3 Å². The van der Waals surface area contributed by atoms with E-state index in [1.165, 1.54) is 12.1 Å². The van der Waals surface area contributed by atoms with E-state index in [4.69, 9.17) is 16.3 Å². The Kier molecular flexibility index (Phi) is 6.55. The van der Waals surface area contributed by atoms with Crippen molar-refractivity contribution in [2.45, 2.75) is 28.4 Å². The summed E-state index contributed by atoms with van der Waals surface area (Å²) in [5.41, 5.74) is 0.697. The smallest absolute Gasteiger partial charge is 0.340 e. The van der Waals surface area contributed by atoms with Crippen LogP contribution in [0.3, 0.4) is 0 Å². The van der Waals surface area contributed by atoms with Gasteiger partial charge < -0.3 is 9.64 Å². The average Bonchev–Trinajstić information content (AvgIpc) is 2.83. The van der Waals surface area contributed by atoms with Gasteiger partial charge in [-0.15, -0.1) is 11.8 Å². The van der Waals surface area contributed by atoms with Crippen molar-refractivity contribution in [1.82, 2.24) is 0 Å². The van der Waals surface area contributed by atoms with Gasteiger partial charge in [-0.3, -0.25) is 4.79 Å². The summed E-state index contributed by atoms with van der Waals surface area (Å²) in [6.45, 7) is 2.16. The zero-order chi connectivity index (χ0) is 21.2. The first kappa shape index (κ1) is 21.7. The van der Waals surface area contributed by atoms with Crippen LogP contribution >= 0.6 is 23.4 Å². The lowest BCUT2D eigenvalue weighted by Crippen LogP contribution is -2.35. The van der Waals surface area contributed by atoms with E-state index in [0.717, 1.165) is 29.3 Å². The Balaban J connectivity index is 1.75. The van der Waals surface area contributed by atoms with Gasteiger partial charge in [0.2, 0.25) is 0 Å². The zero-order valence-electron chi connectivity index (χ0n) is 15.9. The van der Waals surface area contributed by atoms with Gasteiger partial charge in [-0.05, 0) is 36.8 Å². The minimum Gasteiger partial charge on any atom is -0.452 e. The molecule has 0 radical (unpaired) electrons. The number of anilines is 1. The molecular weight excluding hydrogens is 434 g/mol. The van der Waals surface area contributed by atoms with Gasteiger partial charge in [0, 0.05) is 22.9 Å². The lowest BCUT2D eigenvalue weighted by atomic mass is 10.2. The Hall–Kier alpha value is -2.03. The summed E-state index contributed by atoms with van der Waals surface area (Å²) in [5.74, 6) is -1.20. The third-order valence-electron chi connectivity index (χ3n) is 4.46. The van der Waals surface area contributed by atoms with Crippen molar-refractivity contribution in [3.8, 4) is 0 Å². The molecule has 0 spiro atoms. The van der Waals surface area contributed by atoms with Crippen molar-refractivity contribution in [3.63, 3.8) is 0 Å². The third-order valence-corrected chi connectivity index (χ3v) is 7.13. The third kappa shape index (κ3) is 5.12. The van der Waals surface area contributed by atoms with Gasteiger partial charge in [-0.1, -0.05) is 30.7 Å². The van der Waals surface area contributed by atoms with E-state index in [1.54, 1.807) is 16.7 Å². The minimum absolute atomic E-state index is 0.0485. The van der Waals surface area contributed by atoms with Crippen molar-refractivity contribution in [1.29, 1.82) is 0 Å². The van der Waals surface area contributed by atoms with Crippen LogP contribution in [0.5, 0.6) is 0 Å². The SMILES string of the molecule is CC1CCN(C(=O)COC(=O)c2cc(S(C)(=O)=O)ccc2Cl)c2ccccc2S1. The Morgan fingerprint density at radius 2 is 1.97 bits per heavy atom. The summed E-state index contributed by atoms with van der Waals surface area (Å²) in [7, 11) is -3.51. The van der Waals surface area contributed by atoms with Gasteiger partial charge in [0.15, 0.2) is 16.4 Å². The van der Waals surface area contributed by atoms with E-state index in [-0.39, 0.29) is 21.4 Å². The number of nitrogens with zero attached hydrogens (tertiary/aromatic N) is 1. The number of hydrogen-bond donors (Lipinski definition) is 0. The quantitative estimate of drug-likeness (QED) is 0.654. The van der Waals surface area contributed by atoms with Crippen LogP contribution in [0.25, 0.3) is 0 Å². The summed E-state index contributed by atoms with van der Waals surface area (Å²) in [5, 5.41) is 0.411. The molecule has 0 fully saturated rings. The topological polar surface area (TPSA) is 80.8 Å². The molecule has 9 heteroatoms. The number of carbonyl (C=O) groups is 2. The molecule has 3 rings (SSSR count). The molecule has 6 nitrogen and oxygen atoms in total. The number of thioether (sulfide) groups is 1. The number of para-hydroxylation sites is 1. The van der Waals surface area contributed by atoms with Crippen LogP contribution in [0, 0.1) is 0 Å². The number of benzene rings is 2. The molecule has 2 aromatic rings. The number of fused-ring (bicyclic) bond motifs is 1. The summed E-state index contributed by atoms with van der Waals surface area (Å²) in [4.78, 5) is 27.8. The van der Waals surface area contributed by atoms with Crippen LogP contribution in [-0.2, 0) is 19.4 Å². The number of carbonyl (C=O) groups excluding carboxylic acids is 2. The Morgan fingerprint density at radius 1 is 1.24 bits per heavy atom. The number of hydrogen-bond acceptors (Lipinski definition) is 6. The number of amides is 1. The highest BCUT2D eigenvalue weighted by Gasteiger charge is 2.25. The fraction of sp³-hybridized carbons (Fsp3) is 0.300. The van der Waals surface area contributed by atoms with Gasteiger partial charge in [-0.25, -0.2) is 13.2 Å². The highest BCUT2D eigenvalue weighted by Crippen LogP contribution is 2.37. The van der Waals surface area contributed by atoms with Gasteiger partial charge in [-0.2, -0.15) is 0 Å². The van der Waals surface area contributed by atoms with Crippen LogP contribution < -0.4 is 4.90 Å². The highest BCUT2D eigenvalue weighted by atomic mass is 35.5. The normalized spacial score (nSPS) is 16.7. The number of rotatable bonds is 4. The maximum atomic E-state index is 12.8. The predicted molar refractivity (Wildman–Crippen MR) is 114 cm³/mol. The lowest BCUT2D eigenvalue weighted by molar-refractivity contribution is -0.121. The molecule has 0 N–H and O–H groups in total. The number of halogens is 1. The van der Waals surface area contributed by atoms with Crippen molar-refractivity contribution in [2.75, 3.05) is 24.3 Å². The van der Waals surface area contributed by atoms with Crippen molar-refractivity contribution in [2.24, 2.45) is 0 Å². The monoisotopic (exact) mass is 453 g/mol.